The molecule has 1 aliphatic carbocycles. The highest BCUT2D eigenvalue weighted by Gasteiger charge is 2.29. The number of amides is 1. The number of primary amides is 1. The third-order valence-electron chi connectivity index (χ3n) is 5.04. The zero-order valence-corrected chi connectivity index (χ0v) is 16.9. The fourth-order valence-corrected chi connectivity index (χ4v) is 4.70. The van der Waals surface area contributed by atoms with Crippen LogP contribution in [0.1, 0.15) is 36.8 Å². The minimum atomic E-state index is -3.96. The van der Waals surface area contributed by atoms with Gasteiger partial charge in [-0.05, 0) is 49.9 Å². The number of rotatable bonds is 5. The molecule has 0 spiro atoms. The first-order valence-electron chi connectivity index (χ1n) is 9.43. The van der Waals surface area contributed by atoms with Gasteiger partial charge in [-0.15, -0.1) is 0 Å². The molecule has 0 heterocycles. The minimum Gasteiger partial charge on any atom is -0.369 e. The summed E-state index contributed by atoms with van der Waals surface area (Å²) in [5.41, 5.74) is 5.74. The number of nitro benzene ring substituents is 1. The maximum atomic E-state index is 12.7. The number of carbonyl (C=O) groups excluding carboxylic acids is 1. The van der Waals surface area contributed by atoms with E-state index in [0.717, 1.165) is 6.07 Å². The number of hydrogen-bond acceptors (Lipinski definition) is 5. The number of nitro groups is 1. The molecule has 1 saturated carbocycles. The van der Waals surface area contributed by atoms with Crippen molar-refractivity contribution in [3.63, 3.8) is 0 Å². The zero-order valence-electron chi connectivity index (χ0n) is 16.1. The lowest BCUT2D eigenvalue weighted by Gasteiger charge is -2.27. The van der Waals surface area contributed by atoms with Gasteiger partial charge in [0.25, 0.3) is 5.69 Å². The van der Waals surface area contributed by atoms with Gasteiger partial charge in [0.1, 0.15) is 5.56 Å². The summed E-state index contributed by atoms with van der Waals surface area (Å²) < 4.78 is 28.0. The Hall–Kier alpha value is -3.22. The maximum Gasteiger partial charge on any atom is 0.286 e. The number of nitrogens with one attached hydrogen (secondary N) is 1. The van der Waals surface area contributed by atoms with E-state index in [0.29, 0.717) is 31.2 Å². The summed E-state index contributed by atoms with van der Waals surface area (Å²) in [5, 5.41) is 11.5. The Labute approximate surface area is 174 Å². The molecule has 8 nitrogen and oxygen atoms in total. The van der Waals surface area contributed by atoms with Crippen LogP contribution in [0.2, 0.25) is 0 Å². The second-order valence-electron chi connectivity index (χ2n) is 7.12. The Kier molecular flexibility index (Phi) is 6.50. The Balaban J connectivity index is 1.81. The van der Waals surface area contributed by atoms with E-state index in [9.17, 15) is 23.3 Å². The van der Waals surface area contributed by atoms with Gasteiger partial charge in [0.15, 0.2) is 0 Å². The van der Waals surface area contributed by atoms with Crippen LogP contribution in [-0.2, 0) is 14.8 Å². The summed E-state index contributed by atoms with van der Waals surface area (Å²) in [5.74, 6) is 4.95. The van der Waals surface area contributed by atoms with E-state index in [1.807, 2.05) is 6.07 Å². The van der Waals surface area contributed by atoms with Gasteiger partial charge in [0.2, 0.25) is 15.9 Å². The van der Waals surface area contributed by atoms with Gasteiger partial charge in [-0.25, -0.2) is 13.1 Å². The Morgan fingerprint density at radius 2 is 1.73 bits per heavy atom. The summed E-state index contributed by atoms with van der Waals surface area (Å²) in [6, 6.07) is 12.3. The van der Waals surface area contributed by atoms with Gasteiger partial charge >= 0.3 is 0 Å². The fraction of sp³-hybridized carbons (Fsp3) is 0.286. The highest BCUT2D eigenvalue weighted by Crippen LogP contribution is 2.27. The van der Waals surface area contributed by atoms with Crippen LogP contribution in [-0.4, -0.2) is 25.3 Å². The summed E-state index contributed by atoms with van der Waals surface area (Å²) in [6.07, 6.45) is 1.98. The molecule has 30 heavy (non-hydrogen) atoms. The van der Waals surface area contributed by atoms with Gasteiger partial charge in [0, 0.05) is 23.6 Å². The van der Waals surface area contributed by atoms with Crippen molar-refractivity contribution in [2.24, 2.45) is 11.7 Å². The van der Waals surface area contributed by atoms with Crippen molar-refractivity contribution in [1.82, 2.24) is 4.72 Å². The van der Waals surface area contributed by atoms with Crippen molar-refractivity contribution in [3.8, 4) is 11.8 Å². The molecule has 1 fully saturated rings. The van der Waals surface area contributed by atoms with Crippen LogP contribution in [0.15, 0.2) is 53.4 Å². The van der Waals surface area contributed by atoms with Crippen LogP contribution in [0.3, 0.4) is 0 Å². The van der Waals surface area contributed by atoms with E-state index in [1.54, 1.807) is 24.3 Å². The van der Waals surface area contributed by atoms with Crippen molar-refractivity contribution in [2.45, 2.75) is 36.6 Å². The van der Waals surface area contributed by atoms with E-state index in [4.69, 9.17) is 5.73 Å². The second-order valence-corrected chi connectivity index (χ2v) is 8.84. The number of hydrogen-bond donors (Lipinski definition) is 2. The average Bonchev–Trinajstić information content (AvgIpc) is 2.73. The molecule has 0 unspecified atom stereocenters. The van der Waals surface area contributed by atoms with Gasteiger partial charge in [-0.3, -0.25) is 14.9 Å². The lowest BCUT2D eigenvalue weighted by atomic mass is 9.86. The molecule has 3 N–H and O–H groups in total. The lowest BCUT2D eigenvalue weighted by molar-refractivity contribution is -0.385. The average molecular weight is 427 g/mol. The third kappa shape index (κ3) is 5.23. The van der Waals surface area contributed by atoms with Gasteiger partial charge in [0.05, 0.1) is 9.82 Å². The number of nitrogens with two attached hydrogens (primary N) is 1. The largest absolute Gasteiger partial charge is 0.369 e. The van der Waals surface area contributed by atoms with Crippen molar-refractivity contribution >= 4 is 21.6 Å². The maximum absolute atomic E-state index is 12.7. The Morgan fingerprint density at radius 1 is 1.07 bits per heavy atom. The summed E-state index contributed by atoms with van der Waals surface area (Å²) in [6.45, 7) is 0. The highest BCUT2D eigenvalue weighted by molar-refractivity contribution is 7.89. The standard InChI is InChI=1S/C21H21N3O5S/c22-21(25)17-8-11-18(12-9-17)23-30(28,29)19-13-10-16(20(14-19)24(26)27)7-6-15-4-2-1-3-5-15/h1-5,10,13-14,17-18,23H,8-9,11-12H2,(H2,22,25). The number of sulfonamides is 1. The molecule has 0 atom stereocenters. The topological polar surface area (TPSA) is 132 Å². The number of carbonyl (C=O) groups is 1. The summed E-state index contributed by atoms with van der Waals surface area (Å²) >= 11 is 0. The molecule has 0 radical (unpaired) electrons. The molecule has 2 aromatic carbocycles. The van der Waals surface area contributed by atoms with E-state index in [2.05, 4.69) is 16.6 Å². The van der Waals surface area contributed by atoms with Crippen LogP contribution in [0.5, 0.6) is 0 Å². The quantitative estimate of drug-likeness (QED) is 0.429. The molecule has 0 saturated heterocycles. The van der Waals surface area contributed by atoms with E-state index in [-0.39, 0.29) is 34.0 Å². The summed E-state index contributed by atoms with van der Waals surface area (Å²) in [4.78, 5) is 21.9. The molecular formula is C21H21N3O5S. The first kappa shape index (κ1) is 21.5. The molecular weight excluding hydrogens is 406 g/mol. The van der Waals surface area contributed by atoms with Gasteiger partial charge in [-0.2, -0.15) is 0 Å². The molecule has 0 aromatic heterocycles. The first-order valence-corrected chi connectivity index (χ1v) is 10.9. The van der Waals surface area contributed by atoms with Crippen molar-refractivity contribution < 1.29 is 18.1 Å². The van der Waals surface area contributed by atoms with Crippen LogP contribution in [0.4, 0.5) is 5.69 Å². The molecule has 0 bridgehead atoms. The summed E-state index contributed by atoms with van der Waals surface area (Å²) in [7, 11) is -3.96. The van der Waals surface area contributed by atoms with Gasteiger partial charge < -0.3 is 5.73 Å². The van der Waals surface area contributed by atoms with Crippen LogP contribution < -0.4 is 10.5 Å². The Morgan fingerprint density at radius 3 is 2.33 bits per heavy atom. The smallest absolute Gasteiger partial charge is 0.286 e. The number of nitrogens with zero attached hydrogens (tertiary/aromatic N) is 1. The van der Waals surface area contributed by atoms with Gasteiger partial charge in [-0.1, -0.05) is 30.0 Å². The van der Waals surface area contributed by atoms with Crippen molar-refractivity contribution in [2.75, 3.05) is 0 Å². The second kappa shape index (κ2) is 9.07. The molecule has 1 aliphatic rings. The Bertz CT molecular complexity index is 1110. The molecule has 0 aliphatic heterocycles. The predicted octanol–water partition coefficient (Wildman–Crippen LogP) is 2.32. The first-order chi connectivity index (χ1) is 14.3. The predicted molar refractivity (Wildman–Crippen MR) is 111 cm³/mol. The third-order valence-corrected chi connectivity index (χ3v) is 6.56. The molecule has 9 heteroatoms. The molecule has 2 aromatic rings. The highest BCUT2D eigenvalue weighted by atomic mass is 32.2. The van der Waals surface area contributed by atoms with Crippen LogP contribution in [0, 0.1) is 27.9 Å². The normalized spacial score (nSPS) is 18.8. The van der Waals surface area contributed by atoms with Crippen LogP contribution >= 0.6 is 0 Å². The zero-order chi connectivity index (χ0) is 21.7. The van der Waals surface area contributed by atoms with Crippen molar-refractivity contribution in [1.29, 1.82) is 0 Å². The number of benzene rings is 2. The van der Waals surface area contributed by atoms with E-state index in [1.165, 1.54) is 12.1 Å². The SMILES string of the molecule is NC(=O)C1CCC(NS(=O)(=O)c2ccc(C#Cc3ccccc3)c([N+](=O)[O-])c2)CC1. The molecule has 156 valence electrons. The van der Waals surface area contributed by atoms with Crippen molar-refractivity contribution in [3.05, 3.63) is 69.8 Å². The minimum absolute atomic E-state index is 0.129. The van der Waals surface area contributed by atoms with Crippen LogP contribution in [0.25, 0.3) is 0 Å². The lowest BCUT2D eigenvalue weighted by Crippen LogP contribution is -2.39. The molecule has 3 rings (SSSR count). The molecule has 1 amide bonds. The fourth-order valence-electron chi connectivity index (χ4n) is 3.38. The van der Waals surface area contributed by atoms with E-state index < -0.39 is 14.9 Å². The monoisotopic (exact) mass is 427 g/mol. The van der Waals surface area contributed by atoms with E-state index >= 15 is 0 Å².